The minimum Gasteiger partial charge on any atom is -0.497 e. The number of benzene rings is 2. The quantitative estimate of drug-likeness (QED) is 0.542. The van der Waals surface area contributed by atoms with Crippen LogP contribution in [0.25, 0.3) is 0 Å². The van der Waals surface area contributed by atoms with Gasteiger partial charge in [0.2, 0.25) is 5.88 Å². The fraction of sp³-hybridized carbons (Fsp3) is 0.150. The second kappa shape index (κ2) is 9.30. The first-order valence-corrected chi connectivity index (χ1v) is 10.4. The van der Waals surface area contributed by atoms with E-state index in [1.165, 1.54) is 58.0 Å². The van der Waals surface area contributed by atoms with Crippen LogP contribution in [0.3, 0.4) is 0 Å². The van der Waals surface area contributed by atoms with Crippen molar-refractivity contribution >= 4 is 27.4 Å². The summed E-state index contributed by atoms with van der Waals surface area (Å²) >= 11 is 0. The highest BCUT2D eigenvalue weighted by Gasteiger charge is 2.17. The van der Waals surface area contributed by atoms with Gasteiger partial charge in [-0.05, 0) is 36.4 Å². The van der Waals surface area contributed by atoms with E-state index in [1.54, 1.807) is 18.2 Å². The zero-order chi connectivity index (χ0) is 22.4. The number of anilines is 2. The first-order valence-electron chi connectivity index (χ1n) is 8.88. The second-order valence-corrected chi connectivity index (χ2v) is 7.78. The lowest BCUT2D eigenvalue weighted by Crippen LogP contribution is -2.15. The molecule has 162 valence electrons. The molecule has 0 aliphatic heterocycles. The molecule has 0 unspecified atom stereocenters. The van der Waals surface area contributed by atoms with E-state index in [9.17, 15) is 13.2 Å². The van der Waals surface area contributed by atoms with Crippen molar-refractivity contribution in [3.8, 4) is 17.4 Å². The van der Waals surface area contributed by atoms with E-state index < -0.39 is 15.9 Å². The number of sulfonamides is 1. The average molecular weight is 444 g/mol. The Bertz CT molecular complexity index is 1180. The third-order valence-electron chi connectivity index (χ3n) is 4.17. The van der Waals surface area contributed by atoms with Crippen molar-refractivity contribution in [3.63, 3.8) is 0 Å². The van der Waals surface area contributed by atoms with Gasteiger partial charge in [0.05, 0.1) is 31.8 Å². The molecule has 0 atom stereocenters. The maximum atomic E-state index is 12.6. The molecule has 3 rings (SSSR count). The predicted octanol–water partition coefficient (Wildman–Crippen LogP) is 2.56. The average Bonchev–Trinajstić information content (AvgIpc) is 2.78. The molecule has 0 aliphatic carbocycles. The minimum atomic E-state index is -3.90. The van der Waals surface area contributed by atoms with E-state index in [0.29, 0.717) is 22.7 Å². The van der Waals surface area contributed by atoms with Crippen LogP contribution in [0, 0.1) is 0 Å². The van der Waals surface area contributed by atoms with Crippen LogP contribution in [0.4, 0.5) is 11.5 Å². The Balaban J connectivity index is 1.74. The monoisotopic (exact) mass is 444 g/mol. The molecule has 2 N–H and O–H groups in total. The highest BCUT2D eigenvalue weighted by Crippen LogP contribution is 2.26. The van der Waals surface area contributed by atoms with E-state index in [4.69, 9.17) is 14.2 Å². The first-order chi connectivity index (χ1) is 14.9. The number of carbonyl (C=O) groups is 1. The molecule has 0 radical (unpaired) electrons. The van der Waals surface area contributed by atoms with Crippen LogP contribution in [0.1, 0.15) is 10.4 Å². The maximum Gasteiger partial charge on any atom is 0.263 e. The van der Waals surface area contributed by atoms with Gasteiger partial charge < -0.3 is 19.5 Å². The highest BCUT2D eigenvalue weighted by atomic mass is 32.2. The van der Waals surface area contributed by atoms with Gasteiger partial charge in [0, 0.05) is 17.8 Å². The molecule has 1 amide bonds. The Morgan fingerprint density at radius 3 is 2.29 bits per heavy atom. The van der Waals surface area contributed by atoms with Crippen LogP contribution < -0.4 is 24.2 Å². The molecule has 1 aromatic heterocycles. The summed E-state index contributed by atoms with van der Waals surface area (Å²) in [6.45, 7) is 0. The molecule has 0 bridgehead atoms. The van der Waals surface area contributed by atoms with Crippen LogP contribution in [-0.4, -0.2) is 45.6 Å². The molecule has 2 aromatic carbocycles. The zero-order valence-corrected chi connectivity index (χ0v) is 17.8. The number of hydrogen-bond acceptors (Lipinski definition) is 8. The maximum absolute atomic E-state index is 12.6. The number of ether oxygens (including phenoxy) is 3. The van der Waals surface area contributed by atoms with Gasteiger partial charge in [-0.25, -0.2) is 18.4 Å². The summed E-state index contributed by atoms with van der Waals surface area (Å²) in [4.78, 5) is 20.3. The van der Waals surface area contributed by atoms with Crippen LogP contribution in [0.5, 0.6) is 17.4 Å². The van der Waals surface area contributed by atoms with Gasteiger partial charge >= 0.3 is 0 Å². The molecule has 0 aliphatic rings. The van der Waals surface area contributed by atoms with Gasteiger partial charge in [0.15, 0.2) is 0 Å². The number of carbonyl (C=O) groups excluding carboxylic acids is 1. The van der Waals surface area contributed by atoms with Gasteiger partial charge in [0.1, 0.15) is 23.6 Å². The third kappa shape index (κ3) is 5.20. The van der Waals surface area contributed by atoms with E-state index in [1.807, 2.05) is 0 Å². The molecular weight excluding hydrogens is 424 g/mol. The predicted molar refractivity (Wildman–Crippen MR) is 113 cm³/mol. The second-order valence-electron chi connectivity index (χ2n) is 6.10. The molecule has 3 aromatic rings. The number of amides is 1. The minimum absolute atomic E-state index is 0.00916. The fourth-order valence-electron chi connectivity index (χ4n) is 2.61. The normalized spacial score (nSPS) is 10.8. The summed E-state index contributed by atoms with van der Waals surface area (Å²) in [6, 6.07) is 11.8. The molecule has 31 heavy (non-hydrogen) atoms. The lowest BCUT2D eigenvalue weighted by molar-refractivity contribution is 0.102. The number of hydrogen-bond donors (Lipinski definition) is 2. The van der Waals surface area contributed by atoms with Crippen molar-refractivity contribution in [1.82, 2.24) is 9.97 Å². The first kappa shape index (κ1) is 21.8. The molecule has 11 heteroatoms. The Kier molecular flexibility index (Phi) is 6.55. The number of nitrogens with one attached hydrogen (secondary N) is 2. The van der Waals surface area contributed by atoms with Crippen molar-refractivity contribution in [2.45, 2.75) is 4.90 Å². The molecule has 0 fully saturated rings. The van der Waals surface area contributed by atoms with E-state index in [0.717, 1.165) is 0 Å². The summed E-state index contributed by atoms with van der Waals surface area (Å²) in [5, 5.41) is 2.70. The lowest BCUT2D eigenvalue weighted by Gasteiger charge is -2.12. The molecule has 0 spiro atoms. The van der Waals surface area contributed by atoms with Crippen molar-refractivity contribution < 1.29 is 27.4 Å². The third-order valence-corrected chi connectivity index (χ3v) is 5.54. The summed E-state index contributed by atoms with van der Waals surface area (Å²) in [6.07, 6.45) is 1.18. The van der Waals surface area contributed by atoms with Crippen LogP contribution >= 0.6 is 0 Å². The smallest absolute Gasteiger partial charge is 0.263 e. The Labute approximate surface area is 179 Å². The lowest BCUT2D eigenvalue weighted by atomic mass is 10.1. The van der Waals surface area contributed by atoms with E-state index in [-0.39, 0.29) is 16.6 Å². The van der Waals surface area contributed by atoms with Gasteiger partial charge in [-0.2, -0.15) is 0 Å². The van der Waals surface area contributed by atoms with Gasteiger partial charge in [-0.1, -0.05) is 0 Å². The Morgan fingerprint density at radius 1 is 0.903 bits per heavy atom. The summed E-state index contributed by atoms with van der Waals surface area (Å²) in [5.74, 6) is 0.772. The van der Waals surface area contributed by atoms with Crippen LogP contribution in [0.2, 0.25) is 0 Å². The largest absolute Gasteiger partial charge is 0.497 e. The molecule has 0 saturated carbocycles. The molecular formula is C20H20N4O6S. The van der Waals surface area contributed by atoms with Crippen LogP contribution in [0.15, 0.2) is 59.8 Å². The SMILES string of the molecule is COc1ccc(C(=O)Nc2ccc(S(=O)(=O)Nc3cc(OC)ncn3)cc2)c(OC)c1. The van der Waals surface area contributed by atoms with E-state index >= 15 is 0 Å². The zero-order valence-electron chi connectivity index (χ0n) is 16.9. The standard InChI is InChI=1S/C20H20N4O6S/c1-28-14-6-9-16(17(10-14)29-2)20(25)23-13-4-7-15(8-5-13)31(26,27)24-18-11-19(30-3)22-12-21-18/h4-12H,1-3H3,(H,23,25)(H,21,22,24). The summed E-state index contributed by atoms with van der Waals surface area (Å²) in [7, 11) is 0.479. The summed E-state index contributed by atoms with van der Waals surface area (Å²) in [5.41, 5.74) is 0.713. The Morgan fingerprint density at radius 2 is 1.65 bits per heavy atom. The van der Waals surface area contributed by atoms with Crippen molar-refractivity contribution in [3.05, 3.63) is 60.4 Å². The topological polar surface area (TPSA) is 129 Å². The molecule has 1 heterocycles. The molecule has 0 saturated heterocycles. The van der Waals surface area contributed by atoms with Gasteiger partial charge in [-0.3, -0.25) is 9.52 Å². The van der Waals surface area contributed by atoms with E-state index in [2.05, 4.69) is 20.0 Å². The number of aromatic nitrogens is 2. The van der Waals surface area contributed by atoms with Crippen LogP contribution in [-0.2, 0) is 10.0 Å². The number of nitrogens with zero attached hydrogens (tertiary/aromatic N) is 2. The number of methoxy groups -OCH3 is 3. The molecule has 10 nitrogen and oxygen atoms in total. The van der Waals surface area contributed by atoms with Crippen molar-refractivity contribution in [1.29, 1.82) is 0 Å². The Hall–Kier alpha value is -3.86. The van der Waals surface area contributed by atoms with Gasteiger partial charge in [-0.15, -0.1) is 0 Å². The fourth-order valence-corrected chi connectivity index (χ4v) is 3.60. The van der Waals surface area contributed by atoms with Crippen molar-refractivity contribution in [2.24, 2.45) is 0 Å². The number of rotatable bonds is 8. The van der Waals surface area contributed by atoms with Gasteiger partial charge in [0.25, 0.3) is 15.9 Å². The highest BCUT2D eigenvalue weighted by molar-refractivity contribution is 7.92. The summed E-state index contributed by atoms with van der Waals surface area (Å²) < 4.78 is 42.8. The van der Waals surface area contributed by atoms with Crippen molar-refractivity contribution in [2.75, 3.05) is 31.4 Å².